The number of aromatic nitrogens is 1. The van der Waals surface area contributed by atoms with Gasteiger partial charge in [0.05, 0.1) is 17.7 Å². The summed E-state index contributed by atoms with van der Waals surface area (Å²) in [6.45, 7) is 4.56. The number of carbonyl (C=O) groups excluding carboxylic acids is 1. The van der Waals surface area contributed by atoms with Gasteiger partial charge in [0.15, 0.2) is 0 Å². The molecule has 1 heterocycles. The van der Waals surface area contributed by atoms with Crippen molar-refractivity contribution in [3.05, 3.63) is 36.0 Å². The number of carbonyl (C=O) groups is 1. The second kappa shape index (κ2) is 5.01. The molecule has 2 N–H and O–H groups in total. The predicted octanol–water partition coefficient (Wildman–Crippen LogP) is 2.49. The van der Waals surface area contributed by atoms with Crippen molar-refractivity contribution in [2.24, 2.45) is 5.92 Å². The number of aromatic amines is 1. The van der Waals surface area contributed by atoms with Crippen LogP contribution in [0.25, 0.3) is 10.9 Å². The van der Waals surface area contributed by atoms with Crippen molar-refractivity contribution >= 4 is 16.8 Å². The summed E-state index contributed by atoms with van der Waals surface area (Å²) in [5, 5.41) is 1.02. The Morgan fingerprint density at radius 2 is 2.24 bits per heavy atom. The molecule has 0 spiro atoms. The van der Waals surface area contributed by atoms with Crippen LogP contribution in [0.1, 0.15) is 24.2 Å². The lowest BCUT2D eigenvalue weighted by Crippen LogP contribution is -2.25. The van der Waals surface area contributed by atoms with Crippen LogP contribution in [-0.2, 0) is 4.84 Å². The Hall–Kier alpha value is -1.81. The molecule has 2 aromatic rings. The zero-order valence-electron chi connectivity index (χ0n) is 9.99. The van der Waals surface area contributed by atoms with Gasteiger partial charge in [-0.25, -0.2) is 5.48 Å². The highest BCUT2D eigenvalue weighted by Crippen LogP contribution is 2.16. The van der Waals surface area contributed by atoms with Crippen LogP contribution in [0.2, 0.25) is 0 Å². The second-order valence-electron chi connectivity index (χ2n) is 4.38. The number of nitrogens with one attached hydrogen (secondary N) is 2. The molecule has 0 saturated carbocycles. The van der Waals surface area contributed by atoms with Crippen LogP contribution in [0, 0.1) is 5.92 Å². The molecule has 0 saturated heterocycles. The minimum atomic E-state index is -0.223. The van der Waals surface area contributed by atoms with Gasteiger partial charge in [-0.2, -0.15) is 0 Å². The Balaban J connectivity index is 2.11. The van der Waals surface area contributed by atoms with Crippen molar-refractivity contribution in [1.29, 1.82) is 0 Å². The highest BCUT2D eigenvalue weighted by molar-refractivity contribution is 6.05. The van der Waals surface area contributed by atoms with Gasteiger partial charge in [-0.15, -0.1) is 0 Å². The average molecular weight is 232 g/mol. The lowest BCUT2D eigenvalue weighted by Gasteiger charge is -2.08. The third-order valence-corrected chi connectivity index (χ3v) is 2.41. The van der Waals surface area contributed by atoms with E-state index in [2.05, 4.69) is 10.5 Å². The Labute approximate surface area is 99.9 Å². The number of para-hydroxylation sites is 1. The van der Waals surface area contributed by atoms with Gasteiger partial charge in [0.25, 0.3) is 5.91 Å². The summed E-state index contributed by atoms with van der Waals surface area (Å²) in [7, 11) is 0. The number of rotatable bonds is 4. The second-order valence-corrected chi connectivity index (χ2v) is 4.38. The predicted molar refractivity (Wildman–Crippen MR) is 66.6 cm³/mol. The van der Waals surface area contributed by atoms with Crippen LogP contribution >= 0.6 is 0 Å². The van der Waals surface area contributed by atoms with Gasteiger partial charge in [-0.3, -0.25) is 9.63 Å². The fourth-order valence-corrected chi connectivity index (χ4v) is 1.60. The molecule has 2 rings (SSSR count). The van der Waals surface area contributed by atoms with E-state index < -0.39 is 0 Å². The number of hydroxylamine groups is 1. The first kappa shape index (κ1) is 11.7. The molecule has 0 aliphatic heterocycles. The molecule has 0 aliphatic rings. The summed E-state index contributed by atoms with van der Waals surface area (Å²) in [5.41, 5.74) is 3.88. The monoisotopic (exact) mass is 232 g/mol. The average Bonchev–Trinajstić information content (AvgIpc) is 2.75. The molecular weight excluding hydrogens is 216 g/mol. The molecule has 0 aliphatic carbocycles. The fraction of sp³-hybridized carbons (Fsp3) is 0.308. The topological polar surface area (TPSA) is 54.1 Å². The van der Waals surface area contributed by atoms with Gasteiger partial charge < -0.3 is 4.98 Å². The van der Waals surface area contributed by atoms with Crippen molar-refractivity contribution in [3.8, 4) is 0 Å². The molecule has 0 atom stereocenters. The smallest absolute Gasteiger partial charge is 0.276 e. The number of H-pyrrole nitrogens is 1. The van der Waals surface area contributed by atoms with Gasteiger partial charge in [-0.05, 0) is 18.1 Å². The van der Waals surface area contributed by atoms with Crippen molar-refractivity contribution in [2.75, 3.05) is 6.61 Å². The minimum absolute atomic E-state index is 0.223. The van der Waals surface area contributed by atoms with Crippen LogP contribution in [-0.4, -0.2) is 17.5 Å². The highest BCUT2D eigenvalue weighted by Gasteiger charge is 2.10. The summed E-state index contributed by atoms with van der Waals surface area (Å²) in [6, 6.07) is 7.51. The Morgan fingerprint density at radius 3 is 3.00 bits per heavy atom. The maximum atomic E-state index is 11.9. The van der Waals surface area contributed by atoms with E-state index in [1.165, 1.54) is 0 Å². The van der Waals surface area contributed by atoms with Gasteiger partial charge in [0.1, 0.15) is 0 Å². The molecule has 0 bridgehead atoms. The summed E-state index contributed by atoms with van der Waals surface area (Å²) < 4.78 is 0. The van der Waals surface area contributed by atoms with E-state index in [4.69, 9.17) is 4.84 Å². The minimum Gasteiger partial charge on any atom is -0.361 e. The Kier molecular flexibility index (Phi) is 3.44. The van der Waals surface area contributed by atoms with E-state index in [9.17, 15) is 4.79 Å². The van der Waals surface area contributed by atoms with Gasteiger partial charge >= 0.3 is 0 Å². The van der Waals surface area contributed by atoms with Crippen LogP contribution in [0.15, 0.2) is 30.5 Å². The maximum absolute atomic E-state index is 11.9. The molecule has 4 heteroatoms. The van der Waals surface area contributed by atoms with E-state index >= 15 is 0 Å². The molecular formula is C13H16N2O2. The van der Waals surface area contributed by atoms with E-state index in [0.29, 0.717) is 18.1 Å². The molecule has 17 heavy (non-hydrogen) atoms. The SMILES string of the molecule is CC(C)CONC(=O)c1cccc2cc[nH]c12. The summed E-state index contributed by atoms with van der Waals surface area (Å²) >= 11 is 0. The molecule has 1 amide bonds. The van der Waals surface area contributed by atoms with Gasteiger partial charge in [-0.1, -0.05) is 26.0 Å². The quantitative estimate of drug-likeness (QED) is 0.796. The van der Waals surface area contributed by atoms with Crippen LogP contribution < -0.4 is 5.48 Å². The van der Waals surface area contributed by atoms with Crippen molar-refractivity contribution in [1.82, 2.24) is 10.5 Å². The third-order valence-electron chi connectivity index (χ3n) is 2.41. The lowest BCUT2D eigenvalue weighted by atomic mass is 10.1. The molecule has 4 nitrogen and oxygen atoms in total. The largest absolute Gasteiger partial charge is 0.361 e. The van der Waals surface area contributed by atoms with Crippen molar-refractivity contribution < 1.29 is 9.63 Å². The molecule has 0 fully saturated rings. The zero-order chi connectivity index (χ0) is 12.3. The van der Waals surface area contributed by atoms with Gasteiger partial charge in [0, 0.05) is 11.6 Å². The molecule has 90 valence electrons. The first-order valence-electron chi connectivity index (χ1n) is 5.66. The third kappa shape index (κ3) is 2.65. The maximum Gasteiger partial charge on any atom is 0.276 e. The zero-order valence-corrected chi connectivity index (χ0v) is 9.99. The van der Waals surface area contributed by atoms with E-state index in [1.54, 1.807) is 6.07 Å². The Bertz CT molecular complexity index is 517. The van der Waals surface area contributed by atoms with Gasteiger partial charge in [0.2, 0.25) is 0 Å². The van der Waals surface area contributed by atoms with E-state index in [0.717, 1.165) is 10.9 Å². The first-order chi connectivity index (χ1) is 8.18. The van der Waals surface area contributed by atoms with Crippen molar-refractivity contribution in [2.45, 2.75) is 13.8 Å². The standard InChI is InChI=1S/C13H16N2O2/c1-9(2)8-17-15-13(16)11-5-3-4-10-6-7-14-12(10)11/h3-7,9,14H,8H2,1-2H3,(H,15,16). The summed E-state index contributed by atoms with van der Waals surface area (Å²) in [6.07, 6.45) is 1.82. The normalized spacial score (nSPS) is 11.0. The summed E-state index contributed by atoms with van der Waals surface area (Å²) in [4.78, 5) is 20.1. The summed E-state index contributed by atoms with van der Waals surface area (Å²) in [5.74, 6) is 0.162. The molecule has 0 unspecified atom stereocenters. The number of fused-ring (bicyclic) bond motifs is 1. The Morgan fingerprint density at radius 1 is 1.41 bits per heavy atom. The lowest BCUT2D eigenvalue weighted by molar-refractivity contribution is 0.0210. The first-order valence-corrected chi connectivity index (χ1v) is 5.66. The van der Waals surface area contributed by atoms with Crippen LogP contribution in [0.4, 0.5) is 0 Å². The van der Waals surface area contributed by atoms with Crippen LogP contribution in [0.3, 0.4) is 0 Å². The van der Waals surface area contributed by atoms with Crippen molar-refractivity contribution in [3.63, 3.8) is 0 Å². The molecule has 1 aromatic heterocycles. The van der Waals surface area contributed by atoms with E-state index in [1.807, 2.05) is 38.2 Å². The molecule has 1 aromatic carbocycles. The molecule has 0 radical (unpaired) electrons. The number of benzene rings is 1. The number of amides is 1. The highest BCUT2D eigenvalue weighted by atomic mass is 16.6. The fourth-order valence-electron chi connectivity index (χ4n) is 1.60. The van der Waals surface area contributed by atoms with E-state index in [-0.39, 0.29) is 5.91 Å². The number of hydrogen-bond acceptors (Lipinski definition) is 2. The number of hydrogen-bond donors (Lipinski definition) is 2. The van der Waals surface area contributed by atoms with Crippen LogP contribution in [0.5, 0.6) is 0 Å².